The van der Waals surface area contributed by atoms with Crippen LogP contribution >= 0.6 is 11.6 Å². The summed E-state index contributed by atoms with van der Waals surface area (Å²) in [6, 6.07) is 10.3. The molecule has 0 aromatic heterocycles. The van der Waals surface area contributed by atoms with E-state index in [-0.39, 0.29) is 15.5 Å². The van der Waals surface area contributed by atoms with Crippen LogP contribution in [0.4, 0.5) is 5.69 Å². The van der Waals surface area contributed by atoms with E-state index in [2.05, 4.69) is 5.32 Å². The van der Waals surface area contributed by atoms with Gasteiger partial charge < -0.3 is 0 Å². The number of rotatable bonds is 6. The number of nitrogens with two attached hydrogens (primary N) is 1. The average molecular weight is 552 g/mol. The fourth-order valence-electron chi connectivity index (χ4n) is 2.98. The second kappa shape index (κ2) is 10.1. The number of benzene rings is 2. The molecule has 0 bridgehead atoms. The predicted molar refractivity (Wildman–Crippen MR) is 116 cm³/mol. The fourth-order valence-corrected chi connectivity index (χ4v) is 6.28. The maximum atomic E-state index is 12.5. The first-order valence-corrected chi connectivity index (χ1v) is 13.0. The molecule has 10 nitrogen and oxygen atoms in total. The van der Waals surface area contributed by atoms with Crippen molar-refractivity contribution in [3.8, 4) is 0 Å². The zero-order valence-corrected chi connectivity index (χ0v) is 19.6. The maximum absolute atomic E-state index is 12.5. The third-order valence-electron chi connectivity index (χ3n) is 4.71. The monoisotopic (exact) mass is 552 g/mol. The molecule has 0 aliphatic carbocycles. The van der Waals surface area contributed by atoms with Gasteiger partial charge in [0.05, 0.1) is 0 Å². The first-order chi connectivity index (χ1) is 15.0. The van der Waals surface area contributed by atoms with Gasteiger partial charge in [0.2, 0.25) is 0 Å². The Balaban J connectivity index is 1.68. The molecule has 3 rings (SSSR count). The zero-order chi connectivity index (χ0) is 23.6. The summed E-state index contributed by atoms with van der Waals surface area (Å²) in [5, 5.41) is 46.1. The minimum atomic E-state index is -4.09. The number of amides is 1. The van der Waals surface area contributed by atoms with Crippen LogP contribution in [0.3, 0.4) is 0 Å². The number of hydrogen-bond donors (Lipinski definition) is 6. The molecule has 7 N–H and O–H groups in total. The average Bonchev–Trinajstić information content (AvgIpc) is 2.74. The van der Waals surface area contributed by atoms with Crippen molar-refractivity contribution in [2.75, 3.05) is 11.9 Å². The van der Waals surface area contributed by atoms with Crippen LogP contribution in [-0.4, -0.2) is 85.7 Å². The molecule has 2 aromatic rings. The molecule has 1 aliphatic rings. The minimum absolute atomic E-state index is 0.0491. The third-order valence-corrected chi connectivity index (χ3v) is 8.55. The van der Waals surface area contributed by atoms with Crippen molar-refractivity contribution in [1.29, 1.82) is 0 Å². The summed E-state index contributed by atoms with van der Waals surface area (Å²) in [5.74, 6) is -0.571. The van der Waals surface area contributed by atoms with Crippen LogP contribution in [0.25, 0.3) is 0 Å². The van der Waals surface area contributed by atoms with E-state index in [0.29, 0.717) is 5.69 Å². The number of sulfonamides is 1. The van der Waals surface area contributed by atoms with Gasteiger partial charge in [-0.2, -0.15) is 0 Å². The quantitative estimate of drug-likeness (QED) is 0.232. The van der Waals surface area contributed by atoms with Gasteiger partial charge in [-0.15, -0.1) is 0 Å². The Kier molecular flexibility index (Phi) is 7.94. The Labute approximate surface area is 195 Å². The number of nitrogens with one attached hydrogen (secondary N) is 1. The molecule has 1 fully saturated rings. The van der Waals surface area contributed by atoms with E-state index in [1.807, 2.05) is 0 Å². The molecule has 1 saturated heterocycles. The topological polar surface area (TPSA) is 179 Å². The fraction of sp³-hybridized carbons (Fsp3) is 0.316. The molecule has 1 heterocycles. The van der Waals surface area contributed by atoms with Crippen molar-refractivity contribution in [2.24, 2.45) is 5.14 Å². The van der Waals surface area contributed by atoms with Crippen LogP contribution in [0.5, 0.6) is 0 Å². The second-order valence-electron chi connectivity index (χ2n) is 6.98. The molecule has 1 amide bonds. The number of halogens is 1. The number of hydrogen-bond acceptors (Lipinski definition) is 8. The molecule has 174 valence electrons. The normalized spacial score (nSPS) is 26.0. The van der Waals surface area contributed by atoms with Crippen LogP contribution in [0.15, 0.2) is 47.4 Å². The first kappa shape index (κ1) is 25.1. The van der Waals surface area contributed by atoms with E-state index in [9.17, 15) is 33.6 Å². The van der Waals surface area contributed by atoms with Crippen molar-refractivity contribution in [3.63, 3.8) is 0 Å². The number of carbonyl (C=O) groups is 1. The van der Waals surface area contributed by atoms with Gasteiger partial charge in [-0.05, 0) is 0 Å². The van der Waals surface area contributed by atoms with Crippen LogP contribution in [-0.2, 0) is 14.8 Å². The molecular weight excluding hydrogens is 531 g/mol. The molecule has 0 unspecified atom stereocenters. The Hall–Kier alpha value is -1.57. The van der Waals surface area contributed by atoms with Gasteiger partial charge in [0.1, 0.15) is 0 Å². The predicted octanol–water partition coefficient (Wildman–Crippen LogP) is -1.63. The summed E-state index contributed by atoms with van der Waals surface area (Å²) in [5.41, 5.74) is 0.475. The van der Waals surface area contributed by atoms with Crippen molar-refractivity contribution < 1.29 is 38.4 Å². The summed E-state index contributed by atoms with van der Waals surface area (Å²) in [4.78, 5) is 12.1. The van der Waals surface area contributed by atoms with E-state index >= 15 is 0 Å². The second-order valence-corrected chi connectivity index (χ2v) is 11.4. The SMILES string of the molecule is NS(=O)(=O)c1cc(C(=O)Nc2ccc([Se][C@@H]3O[C@H](CO)[C@H](O)[C@H](O)[C@H]3O)cc2)ccc1Cl. The number of aliphatic hydroxyl groups is 4. The molecule has 1 aliphatic heterocycles. The van der Waals surface area contributed by atoms with Gasteiger partial charge in [-0.3, -0.25) is 0 Å². The third kappa shape index (κ3) is 5.67. The van der Waals surface area contributed by atoms with Crippen LogP contribution < -0.4 is 14.9 Å². The summed E-state index contributed by atoms with van der Waals surface area (Å²) in [6.45, 7) is -0.500. The molecule has 0 spiro atoms. The summed E-state index contributed by atoms with van der Waals surface area (Å²) >= 11 is 5.35. The number of carbonyl (C=O) groups excluding carboxylic acids is 1. The van der Waals surface area contributed by atoms with Gasteiger partial charge in [-0.1, -0.05) is 0 Å². The van der Waals surface area contributed by atoms with Gasteiger partial charge in [0, 0.05) is 0 Å². The Morgan fingerprint density at radius 3 is 2.34 bits per heavy atom. The van der Waals surface area contributed by atoms with Gasteiger partial charge in [0.15, 0.2) is 0 Å². The zero-order valence-electron chi connectivity index (χ0n) is 16.3. The van der Waals surface area contributed by atoms with E-state index < -0.39 is 66.9 Å². The molecule has 5 atom stereocenters. The van der Waals surface area contributed by atoms with E-state index in [4.69, 9.17) is 21.5 Å². The molecule has 0 saturated carbocycles. The van der Waals surface area contributed by atoms with E-state index in [1.54, 1.807) is 24.3 Å². The van der Waals surface area contributed by atoms with Gasteiger partial charge in [-0.25, -0.2) is 0 Å². The summed E-state index contributed by atoms with van der Waals surface area (Å²) in [7, 11) is -4.09. The summed E-state index contributed by atoms with van der Waals surface area (Å²) < 4.78 is 29.4. The molecule has 0 radical (unpaired) electrons. The molecule has 2 aromatic carbocycles. The van der Waals surface area contributed by atoms with Crippen molar-refractivity contribution in [2.45, 2.75) is 34.3 Å². The first-order valence-electron chi connectivity index (χ1n) is 9.22. The summed E-state index contributed by atoms with van der Waals surface area (Å²) in [6.07, 6.45) is -5.14. The van der Waals surface area contributed by atoms with Crippen LogP contribution in [0, 0.1) is 0 Å². The van der Waals surface area contributed by atoms with Crippen LogP contribution in [0.2, 0.25) is 5.02 Å². The molecular formula is C19H21ClN2O8SSe. The Bertz CT molecular complexity index is 1080. The van der Waals surface area contributed by atoms with E-state index in [1.165, 1.54) is 12.1 Å². The van der Waals surface area contributed by atoms with E-state index in [0.717, 1.165) is 10.5 Å². The van der Waals surface area contributed by atoms with Crippen molar-refractivity contribution >= 4 is 52.6 Å². The molecule has 32 heavy (non-hydrogen) atoms. The number of aliphatic hydroxyl groups excluding tert-OH is 4. The van der Waals surface area contributed by atoms with Gasteiger partial charge in [0.25, 0.3) is 0 Å². The number of ether oxygens (including phenoxy) is 1. The van der Waals surface area contributed by atoms with Crippen molar-refractivity contribution in [3.05, 3.63) is 53.1 Å². The number of anilines is 1. The molecule has 13 heteroatoms. The number of primary sulfonamides is 1. The van der Waals surface area contributed by atoms with Crippen molar-refractivity contribution in [1.82, 2.24) is 0 Å². The standard InChI is InChI=1S/C19H21ClN2O8SSe/c20-12-6-1-9(7-14(12)31(21,28)29)18(27)22-10-2-4-11(5-3-10)32-19-17(26)16(25)15(24)13(8-23)30-19/h1-7,13,15-17,19,23-26H,8H2,(H,22,27)(H2,21,28,29)/t13-,15+,16+,17-,19+/m1/s1. The van der Waals surface area contributed by atoms with Gasteiger partial charge >= 0.3 is 195 Å². The van der Waals surface area contributed by atoms with Crippen LogP contribution in [0.1, 0.15) is 10.4 Å². The Morgan fingerprint density at radius 1 is 1.09 bits per heavy atom. The Morgan fingerprint density at radius 2 is 1.75 bits per heavy atom.